The van der Waals surface area contributed by atoms with E-state index in [2.05, 4.69) is 33.9 Å². The minimum absolute atomic E-state index is 0.229. The third-order valence-electron chi connectivity index (χ3n) is 5.79. The van der Waals surface area contributed by atoms with Crippen LogP contribution < -0.4 is 0 Å². The van der Waals surface area contributed by atoms with E-state index in [0.29, 0.717) is 5.78 Å². The van der Waals surface area contributed by atoms with E-state index in [9.17, 15) is 4.79 Å². The van der Waals surface area contributed by atoms with Crippen molar-refractivity contribution in [1.29, 1.82) is 0 Å². The number of morpholine rings is 1. The molecule has 2 heterocycles. The molecule has 25 heavy (non-hydrogen) atoms. The molecule has 2 aromatic rings. The molecule has 0 atom stereocenters. The van der Waals surface area contributed by atoms with Gasteiger partial charge in [-0.3, -0.25) is 9.69 Å². The monoisotopic (exact) mass is 340 g/mol. The summed E-state index contributed by atoms with van der Waals surface area (Å²) < 4.78 is 7.71. The number of ketones is 1. The summed E-state index contributed by atoms with van der Waals surface area (Å²) in [7, 11) is 0. The number of nitrogens with zero attached hydrogens (tertiary/aromatic N) is 2. The number of benzene rings is 1. The van der Waals surface area contributed by atoms with E-state index < -0.39 is 0 Å². The highest BCUT2D eigenvalue weighted by Gasteiger charge is 2.25. The standard InChI is InChI=1S/C21H28N2O2/c24-21(17-6-2-1-3-7-17)19-16-23(20-9-5-4-8-18(19)20)11-10-22-12-14-25-15-13-22/h4-5,8-9,16-17H,1-3,6-7,10-15H2. The fourth-order valence-electron chi connectivity index (χ4n) is 4.29. The molecule has 0 radical (unpaired) electrons. The van der Waals surface area contributed by atoms with Crippen LogP contribution >= 0.6 is 0 Å². The molecule has 134 valence electrons. The summed E-state index contributed by atoms with van der Waals surface area (Å²) in [5.74, 6) is 0.591. The van der Waals surface area contributed by atoms with Crippen LogP contribution in [0.15, 0.2) is 30.5 Å². The Morgan fingerprint density at radius 3 is 2.60 bits per heavy atom. The lowest BCUT2D eigenvalue weighted by Crippen LogP contribution is -2.38. The Balaban J connectivity index is 1.56. The normalized spacial score (nSPS) is 20.2. The number of Topliss-reactive ketones (excluding diaryl/α,β-unsaturated/α-hetero) is 1. The highest BCUT2D eigenvalue weighted by Crippen LogP contribution is 2.30. The molecule has 1 aliphatic carbocycles. The zero-order valence-corrected chi connectivity index (χ0v) is 15.0. The minimum atomic E-state index is 0.229. The number of hydrogen-bond donors (Lipinski definition) is 0. The van der Waals surface area contributed by atoms with Gasteiger partial charge in [-0.2, -0.15) is 0 Å². The van der Waals surface area contributed by atoms with Crippen LogP contribution in [-0.2, 0) is 11.3 Å². The molecule has 0 amide bonds. The number of para-hydroxylation sites is 1. The van der Waals surface area contributed by atoms with Crippen LogP contribution in [0.2, 0.25) is 0 Å². The summed E-state index contributed by atoms with van der Waals surface area (Å²) in [4.78, 5) is 15.5. The molecular formula is C21H28N2O2. The van der Waals surface area contributed by atoms with Gasteiger partial charge in [0, 0.05) is 54.8 Å². The van der Waals surface area contributed by atoms with Gasteiger partial charge in [-0.1, -0.05) is 37.5 Å². The van der Waals surface area contributed by atoms with E-state index in [1.165, 1.54) is 24.8 Å². The number of carbonyl (C=O) groups is 1. The molecule has 0 N–H and O–H groups in total. The van der Waals surface area contributed by atoms with Gasteiger partial charge in [0.2, 0.25) is 0 Å². The second-order valence-corrected chi connectivity index (χ2v) is 7.41. The summed E-state index contributed by atoms with van der Waals surface area (Å²) in [6.45, 7) is 5.62. The third kappa shape index (κ3) is 3.65. The molecule has 2 fully saturated rings. The van der Waals surface area contributed by atoms with Crippen molar-refractivity contribution < 1.29 is 9.53 Å². The average molecular weight is 340 g/mol. The summed E-state index contributed by atoms with van der Waals surface area (Å²) >= 11 is 0. The van der Waals surface area contributed by atoms with Crippen LogP contribution in [0.1, 0.15) is 42.5 Å². The van der Waals surface area contributed by atoms with Crippen LogP contribution in [0.4, 0.5) is 0 Å². The number of carbonyl (C=O) groups excluding carboxylic acids is 1. The van der Waals surface area contributed by atoms with Gasteiger partial charge < -0.3 is 9.30 Å². The van der Waals surface area contributed by atoms with Gasteiger partial charge in [-0.25, -0.2) is 0 Å². The predicted octanol–water partition coefficient (Wildman–Crippen LogP) is 3.74. The fraction of sp³-hybridized carbons (Fsp3) is 0.571. The molecule has 0 unspecified atom stereocenters. The SMILES string of the molecule is O=C(c1cn(CCN2CCOCC2)c2ccccc12)C1CCCCC1. The van der Waals surface area contributed by atoms with Crippen molar-refractivity contribution in [3.8, 4) is 0 Å². The van der Waals surface area contributed by atoms with Gasteiger partial charge in [0.05, 0.1) is 13.2 Å². The van der Waals surface area contributed by atoms with Crippen LogP contribution in [0.3, 0.4) is 0 Å². The van der Waals surface area contributed by atoms with Gasteiger partial charge in [0.25, 0.3) is 0 Å². The highest BCUT2D eigenvalue weighted by atomic mass is 16.5. The van der Waals surface area contributed by atoms with E-state index in [-0.39, 0.29) is 5.92 Å². The van der Waals surface area contributed by atoms with Gasteiger partial charge >= 0.3 is 0 Å². The van der Waals surface area contributed by atoms with Crippen LogP contribution in [0.5, 0.6) is 0 Å². The van der Waals surface area contributed by atoms with Crippen molar-refractivity contribution in [2.24, 2.45) is 5.92 Å². The lowest BCUT2D eigenvalue weighted by atomic mass is 9.84. The van der Waals surface area contributed by atoms with Crippen molar-refractivity contribution in [3.05, 3.63) is 36.0 Å². The Kier molecular flexibility index (Phi) is 5.18. The molecule has 1 saturated carbocycles. The first-order valence-corrected chi connectivity index (χ1v) is 9.75. The van der Waals surface area contributed by atoms with Gasteiger partial charge in [0.1, 0.15) is 0 Å². The Bertz CT molecular complexity index is 725. The van der Waals surface area contributed by atoms with Gasteiger partial charge in [-0.15, -0.1) is 0 Å². The smallest absolute Gasteiger partial charge is 0.168 e. The maximum absolute atomic E-state index is 13.1. The highest BCUT2D eigenvalue weighted by molar-refractivity contribution is 6.09. The van der Waals surface area contributed by atoms with Crippen molar-refractivity contribution in [2.75, 3.05) is 32.8 Å². The molecule has 4 heteroatoms. The second kappa shape index (κ2) is 7.71. The second-order valence-electron chi connectivity index (χ2n) is 7.41. The summed E-state index contributed by atoms with van der Waals surface area (Å²) in [5, 5.41) is 1.13. The van der Waals surface area contributed by atoms with Crippen molar-refractivity contribution in [2.45, 2.75) is 38.6 Å². The molecule has 0 bridgehead atoms. The number of fused-ring (bicyclic) bond motifs is 1. The fourth-order valence-corrected chi connectivity index (χ4v) is 4.29. The predicted molar refractivity (Wildman–Crippen MR) is 100 cm³/mol. The van der Waals surface area contributed by atoms with Crippen LogP contribution in [-0.4, -0.2) is 48.1 Å². The summed E-state index contributed by atoms with van der Waals surface area (Å²) in [6.07, 6.45) is 7.92. The zero-order valence-electron chi connectivity index (χ0n) is 15.0. The largest absolute Gasteiger partial charge is 0.379 e. The Hall–Kier alpha value is -1.65. The molecule has 4 nitrogen and oxygen atoms in total. The summed E-state index contributed by atoms with van der Waals surface area (Å²) in [6, 6.07) is 8.37. The van der Waals surface area contributed by atoms with Crippen molar-refractivity contribution in [1.82, 2.24) is 9.47 Å². The molecule has 1 aliphatic heterocycles. The molecule has 1 aromatic heterocycles. The molecule has 1 aromatic carbocycles. The first kappa shape index (κ1) is 16.8. The first-order chi connectivity index (χ1) is 12.3. The van der Waals surface area contributed by atoms with E-state index in [1.54, 1.807) is 0 Å². The lowest BCUT2D eigenvalue weighted by molar-refractivity contribution is 0.0365. The third-order valence-corrected chi connectivity index (χ3v) is 5.79. The summed E-state index contributed by atoms with van der Waals surface area (Å²) in [5.41, 5.74) is 2.12. The van der Waals surface area contributed by atoms with Crippen molar-refractivity contribution in [3.63, 3.8) is 0 Å². The number of hydrogen-bond acceptors (Lipinski definition) is 3. The molecular weight excluding hydrogens is 312 g/mol. The Morgan fingerprint density at radius 2 is 1.80 bits per heavy atom. The zero-order chi connectivity index (χ0) is 17.1. The molecule has 2 aliphatic rings. The van der Waals surface area contributed by atoms with E-state index in [1.807, 2.05) is 6.07 Å². The molecule has 4 rings (SSSR count). The Labute approximate surface area is 149 Å². The van der Waals surface area contributed by atoms with E-state index in [4.69, 9.17) is 4.74 Å². The maximum Gasteiger partial charge on any atom is 0.168 e. The number of aromatic nitrogens is 1. The Morgan fingerprint density at radius 1 is 1.04 bits per heavy atom. The topological polar surface area (TPSA) is 34.5 Å². The molecule has 1 saturated heterocycles. The van der Waals surface area contributed by atoms with Crippen molar-refractivity contribution >= 4 is 16.7 Å². The average Bonchev–Trinajstić information content (AvgIpc) is 3.06. The maximum atomic E-state index is 13.1. The molecule has 0 spiro atoms. The van der Waals surface area contributed by atoms with E-state index >= 15 is 0 Å². The quantitative estimate of drug-likeness (QED) is 0.778. The first-order valence-electron chi connectivity index (χ1n) is 9.75. The van der Waals surface area contributed by atoms with Gasteiger partial charge in [0.15, 0.2) is 5.78 Å². The minimum Gasteiger partial charge on any atom is -0.379 e. The van der Waals surface area contributed by atoms with Crippen LogP contribution in [0, 0.1) is 5.92 Å². The lowest BCUT2D eigenvalue weighted by Gasteiger charge is -2.26. The number of ether oxygens (including phenoxy) is 1. The van der Waals surface area contributed by atoms with Crippen LogP contribution in [0.25, 0.3) is 10.9 Å². The van der Waals surface area contributed by atoms with Gasteiger partial charge in [-0.05, 0) is 18.9 Å². The number of rotatable bonds is 5. The van der Waals surface area contributed by atoms with E-state index in [0.717, 1.165) is 63.2 Å².